The Kier molecular flexibility index (Phi) is 6.59. The van der Waals surface area contributed by atoms with Crippen LogP contribution in [0, 0.1) is 0 Å². The lowest BCUT2D eigenvalue weighted by Gasteiger charge is -2.34. The minimum absolute atomic E-state index is 0.0726. The molecular weight excluding hydrogens is 314 g/mol. The zero-order chi connectivity index (χ0) is 18.4. The molecule has 0 aliphatic carbocycles. The minimum atomic E-state index is -0.121. The second kappa shape index (κ2) is 8.48. The SMILES string of the molecule is CCN1CCN(C(=O)CCNC(=O)c2ccc(C(C)(C)C)cc2)CC1. The smallest absolute Gasteiger partial charge is 0.251 e. The Morgan fingerprint density at radius 3 is 2.16 bits per heavy atom. The maximum atomic E-state index is 12.2. The van der Waals surface area contributed by atoms with Crippen molar-refractivity contribution in [1.82, 2.24) is 15.1 Å². The molecule has 2 rings (SSSR count). The molecule has 0 spiro atoms. The first-order valence-electron chi connectivity index (χ1n) is 9.20. The molecule has 1 aliphatic heterocycles. The molecule has 1 heterocycles. The molecule has 0 radical (unpaired) electrons. The van der Waals surface area contributed by atoms with Gasteiger partial charge in [-0.25, -0.2) is 0 Å². The molecule has 0 aromatic heterocycles. The van der Waals surface area contributed by atoms with Crippen LogP contribution in [-0.2, 0) is 10.2 Å². The van der Waals surface area contributed by atoms with Crippen molar-refractivity contribution in [1.29, 1.82) is 0 Å². The number of hydrogen-bond donors (Lipinski definition) is 1. The standard InChI is InChI=1S/C20H31N3O2/c1-5-22-12-14-23(15-13-22)18(24)10-11-21-19(25)16-6-8-17(9-7-16)20(2,3)4/h6-9H,5,10-15H2,1-4H3,(H,21,25). The summed E-state index contributed by atoms with van der Waals surface area (Å²) >= 11 is 0. The monoisotopic (exact) mass is 345 g/mol. The van der Waals surface area contributed by atoms with E-state index in [1.807, 2.05) is 29.2 Å². The number of carbonyl (C=O) groups excluding carboxylic acids is 2. The normalized spacial score (nSPS) is 15.9. The van der Waals surface area contributed by atoms with Crippen molar-refractivity contribution in [2.75, 3.05) is 39.3 Å². The third-order valence-electron chi connectivity index (χ3n) is 4.81. The number of benzene rings is 1. The van der Waals surface area contributed by atoms with Crippen LogP contribution in [0.1, 0.15) is 50.0 Å². The summed E-state index contributed by atoms with van der Waals surface area (Å²) in [7, 11) is 0. The molecule has 1 aromatic carbocycles. The fraction of sp³-hybridized carbons (Fsp3) is 0.600. The Labute approximate surface area is 151 Å². The predicted molar refractivity (Wildman–Crippen MR) is 101 cm³/mol. The number of nitrogens with zero attached hydrogens (tertiary/aromatic N) is 2. The molecule has 25 heavy (non-hydrogen) atoms. The van der Waals surface area contributed by atoms with Crippen LogP contribution in [0.2, 0.25) is 0 Å². The van der Waals surface area contributed by atoms with Crippen LogP contribution >= 0.6 is 0 Å². The Morgan fingerprint density at radius 1 is 1.04 bits per heavy atom. The zero-order valence-electron chi connectivity index (χ0n) is 16.0. The second-order valence-electron chi connectivity index (χ2n) is 7.65. The van der Waals surface area contributed by atoms with Gasteiger partial charge < -0.3 is 15.1 Å². The summed E-state index contributed by atoms with van der Waals surface area (Å²) in [6.45, 7) is 13.4. The molecule has 1 fully saturated rings. The topological polar surface area (TPSA) is 52.6 Å². The highest BCUT2D eigenvalue weighted by Crippen LogP contribution is 2.22. The predicted octanol–water partition coefficient (Wildman–Crippen LogP) is 2.27. The average molecular weight is 345 g/mol. The Morgan fingerprint density at radius 2 is 1.64 bits per heavy atom. The summed E-state index contributed by atoms with van der Waals surface area (Å²) in [5.41, 5.74) is 1.91. The van der Waals surface area contributed by atoms with Gasteiger partial charge in [0.2, 0.25) is 5.91 Å². The molecule has 0 unspecified atom stereocenters. The van der Waals surface area contributed by atoms with Crippen molar-refractivity contribution in [2.45, 2.75) is 39.5 Å². The number of rotatable bonds is 5. The van der Waals surface area contributed by atoms with Gasteiger partial charge >= 0.3 is 0 Å². The van der Waals surface area contributed by atoms with Gasteiger partial charge in [0.15, 0.2) is 0 Å². The zero-order valence-corrected chi connectivity index (χ0v) is 16.0. The molecule has 0 saturated carbocycles. The lowest BCUT2D eigenvalue weighted by atomic mass is 9.87. The number of amides is 2. The van der Waals surface area contributed by atoms with Crippen LogP contribution in [0.25, 0.3) is 0 Å². The molecular formula is C20H31N3O2. The maximum Gasteiger partial charge on any atom is 0.251 e. The van der Waals surface area contributed by atoms with E-state index in [0.717, 1.165) is 32.7 Å². The van der Waals surface area contributed by atoms with E-state index in [1.165, 1.54) is 5.56 Å². The summed E-state index contributed by atoms with van der Waals surface area (Å²) in [5.74, 6) is 0.00296. The highest BCUT2D eigenvalue weighted by atomic mass is 16.2. The molecule has 5 nitrogen and oxygen atoms in total. The van der Waals surface area contributed by atoms with Gasteiger partial charge in [0.1, 0.15) is 0 Å². The molecule has 5 heteroatoms. The Bertz CT molecular complexity index is 582. The van der Waals surface area contributed by atoms with E-state index >= 15 is 0 Å². The molecule has 0 bridgehead atoms. The quantitative estimate of drug-likeness (QED) is 0.891. The molecule has 138 valence electrons. The van der Waals surface area contributed by atoms with Crippen LogP contribution in [0.5, 0.6) is 0 Å². The van der Waals surface area contributed by atoms with E-state index in [9.17, 15) is 9.59 Å². The van der Waals surface area contributed by atoms with Crippen LogP contribution < -0.4 is 5.32 Å². The van der Waals surface area contributed by atoms with Crippen LogP contribution in [-0.4, -0.2) is 60.9 Å². The van der Waals surface area contributed by atoms with Crippen molar-refractivity contribution in [3.05, 3.63) is 35.4 Å². The fourth-order valence-corrected chi connectivity index (χ4v) is 2.98. The van der Waals surface area contributed by atoms with Crippen molar-refractivity contribution < 1.29 is 9.59 Å². The van der Waals surface area contributed by atoms with Crippen LogP contribution in [0.15, 0.2) is 24.3 Å². The molecule has 2 amide bonds. The number of hydrogen-bond acceptors (Lipinski definition) is 3. The summed E-state index contributed by atoms with van der Waals surface area (Å²) in [5, 5.41) is 2.85. The van der Waals surface area contributed by atoms with Crippen molar-refractivity contribution in [2.24, 2.45) is 0 Å². The summed E-state index contributed by atoms with van der Waals surface area (Å²) in [4.78, 5) is 28.7. The average Bonchev–Trinajstić information content (AvgIpc) is 2.61. The molecule has 1 aliphatic rings. The third kappa shape index (κ3) is 5.56. The van der Waals surface area contributed by atoms with Gasteiger partial charge in [-0.2, -0.15) is 0 Å². The van der Waals surface area contributed by atoms with Crippen LogP contribution in [0.3, 0.4) is 0 Å². The number of piperazine rings is 1. The first-order chi connectivity index (χ1) is 11.8. The first kappa shape index (κ1) is 19.4. The lowest BCUT2D eigenvalue weighted by molar-refractivity contribution is -0.132. The van der Waals surface area contributed by atoms with Crippen molar-refractivity contribution in [3.8, 4) is 0 Å². The van der Waals surface area contributed by atoms with E-state index in [-0.39, 0.29) is 17.2 Å². The number of nitrogens with one attached hydrogen (secondary N) is 1. The number of likely N-dealkylation sites (N-methyl/N-ethyl adjacent to an activating group) is 1. The minimum Gasteiger partial charge on any atom is -0.352 e. The highest BCUT2D eigenvalue weighted by Gasteiger charge is 2.20. The fourth-order valence-electron chi connectivity index (χ4n) is 2.98. The molecule has 1 saturated heterocycles. The van der Waals surface area contributed by atoms with Gasteiger partial charge in [-0.3, -0.25) is 9.59 Å². The third-order valence-corrected chi connectivity index (χ3v) is 4.81. The van der Waals surface area contributed by atoms with Gasteiger partial charge in [0, 0.05) is 44.7 Å². The van der Waals surface area contributed by atoms with Crippen LogP contribution in [0.4, 0.5) is 0 Å². The van der Waals surface area contributed by atoms with Gasteiger partial charge in [-0.15, -0.1) is 0 Å². The largest absolute Gasteiger partial charge is 0.352 e. The van der Waals surface area contributed by atoms with Crippen molar-refractivity contribution in [3.63, 3.8) is 0 Å². The molecule has 1 N–H and O–H groups in total. The van der Waals surface area contributed by atoms with E-state index in [2.05, 4.69) is 37.9 Å². The first-order valence-corrected chi connectivity index (χ1v) is 9.20. The lowest BCUT2D eigenvalue weighted by Crippen LogP contribution is -2.49. The summed E-state index contributed by atoms with van der Waals surface area (Å²) in [6.07, 6.45) is 0.359. The Balaban J connectivity index is 1.76. The molecule has 0 atom stereocenters. The van der Waals surface area contributed by atoms with Crippen molar-refractivity contribution >= 4 is 11.8 Å². The van der Waals surface area contributed by atoms with E-state index in [1.54, 1.807) is 0 Å². The van der Waals surface area contributed by atoms with Gasteiger partial charge in [-0.1, -0.05) is 39.8 Å². The second-order valence-corrected chi connectivity index (χ2v) is 7.65. The van der Waals surface area contributed by atoms with Gasteiger partial charge in [0.25, 0.3) is 5.91 Å². The van der Waals surface area contributed by atoms with E-state index in [4.69, 9.17) is 0 Å². The van der Waals surface area contributed by atoms with E-state index in [0.29, 0.717) is 18.5 Å². The van der Waals surface area contributed by atoms with Gasteiger partial charge in [-0.05, 0) is 29.7 Å². The van der Waals surface area contributed by atoms with Gasteiger partial charge in [0.05, 0.1) is 0 Å². The molecule has 1 aromatic rings. The van der Waals surface area contributed by atoms with E-state index < -0.39 is 0 Å². The number of carbonyl (C=O) groups is 2. The highest BCUT2D eigenvalue weighted by molar-refractivity contribution is 5.94. The summed E-state index contributed by atoms with van der Waals surface area (Å²) < 4.78 is 0. The maximum absolute atomic E-state index is 12.2. The summed E-state index contributed by atoms with van der Waals surface area (Å²) in [6, 6.07) is 7.68. The Hall–Kier alpha value is -1.88.